The Bertz CT molecular complexity index is 727. The maximum absolute atomic E-state index is 12.8. The van der Waals surface area contributed by atoms with E-state index in [9.17, 15) is 14.4 Å². The summed E-state index contributed by atoms with van der Waals surface area (Å²) in [4.78, 5) is 51.5. The molecule has 0 aliphatic carbocycles. The van der Waals surface area contributed by atoms with E-state index >= 15 is 0 Å². The number of aromatic nitrogens is 2. The molecule has 0 atom stereocenters. The number of nitrogens with zero attached hydrogens (tertiary/aromatic N) is 6. The molecule has 2 fully saturated rings. The second-order valence-electron chi connectivity index (χ2n) is 6.80. The van der Waals surface area contributed by atoms with Crippen molar-refractivity contribution in [2.75, 3.05) is 63.9 Å². The van der Waals surface area contributed by atoms with Crippen LogP contribution in [-0.2, 0) is 9.53 Å². The molecule has 2 saturated heterocycles. The molecule has 28 heavy (non-hydrogen) atoms. The maximum Gasteiger partial charge on any atom is 0.409 e. The summed E-state index contributed by atoms with van der Waals surface area (Å²) >= 11 is 0. The van der Waals surface area contributed by atoms with E-state index in [4.69, 9.17) is 4.74 Å². The number of amides is 3. The molecule has 0 unspecified atom stereocenters. The Morgan fingerprint density at radius 3 is 2.29 bits per heavy atom. The van der Waals surface area contributed by atoms with Gasteiger partial charge < -0.3 is 24.3 Å². The monoisotopic (exact) mass is 390 g/mol. The molecule has 0 N–H and O–H groups in total. The minimum absolute atomic E-state index is 0.151. The fraction of sp³-hybridized carbons (Fsp3) is 0.611. The van der Waals surface area contributed by atoms with Crippen molar-refractivity contribution in [1.29, 1.82) is 0 Å². The normalized spacial score (nSPS) is 17.5. The van der Waals surface area contributed by atoms with Gasteiger partial charge in [-0.15, -0.1) is 0 Å². The van der Waals surface area contributed by atoms with Crippen LogP contribution in [0.1, 0.15) is 23.1 Å². The van der Waals surface area contributed by atoms with Crippen molar-refractivity contribution in [1.82, 2.24) is 24.7 Å². The van der Waals surface area contributed by atoms with Gasteiger partial charge in [0.15, 0.2) is 0 Å². The Balaban J connectivity index is 1.66. The van der Waals surface area contributed by atoms with E-state index in [2.05, 4.69) is 9.97 Å². The molecule has 10 nitrogen and oxygen atoms in total. The molecule has 10 heteroatoms. The molecule has 2 aliphatic heterocycles. The number of hydrogen-bond donors (Lipinski definition) is 0. The first-order valence-electron chi connectivity index (χ1n) is 9.52. The number of carbonyl (C=O) groups is 3. The van der Waals surface area contributed by atoms with Crippen molar-refractivity contribution in [3.63, 3.8) is 0 Å². The van der Waals surface area contributed by atoms with Gasteiger partial charge in [-0.3, -0.25) is 9.59 Å². The highest BCUT2D eigenvalue weighted by molar-refractivity contribution is 5.92. The Kier molecular flexibility index (Phi) is 6.27. The van der Waals surface area contributed by atoms with Gasteiger partial charge in [0.1, 0.15) is 5.69 Å². The summed E-state index contributed by atoms with van der Waals surface area (Å²) in [6.45, 7) is 8.22. The third kappa shape index (κ3) is 4.49. The fourth-order valence-electron chi connectivity index (χ4n) is 3.30. The topological polar surface area (TPSA) is 99.2 Å². The second-order valence-corrected chi connectivity index (χ2v) is 6.80. The summed E-state index contributed by atoms with van der Waals surface area (Å²) in [6, 6.07) is 1.69. The lowest BCUT2D eigenvalue weighted by Gasteiger charge is -2.34. The van der Waals surface area contributed by atoms with Gasteiger partial charge in [0.25, 0.3) is 5.91 Å². The predicted molar refractivity (Wildman–Crippen MR) is 101 cm³/mol. The molecule has 3 heterocycles. The van der Waals surface area contributed by atoms with E-state index in [1.807, 2.05) is 11.8 Å². The summed E-state index contributed by atoms with van der Waals surface area (Å²) in [5.41, 5.74) is 1.07. The lowest BCUT2D eigenvalue weighted by atomic mass is 10.2. The van der Waals surface area contributed by atoms with Crippen LogP contribution >= 0.6 is 0 Å². The standard InChI is InChI=1S/C18H26N6O4/c1-3-28-18(27)24-10-8-23(9-11-24)17-19-14(2)12-15(20-17)16(26)22-6-4-21(13-25)5-7-22/h12-13H,3-11H2,1-2H3. The molecule has 0 saturated carbocycles. The van der Waals surface area contributed by atoms with Gasteiger partial charge in [-0.2, -0.15) is 0 Å². The highest BCUT2D eigenvalue weighted by Crippen LogP contribution is 2.15. The molecule has 1 aromatic heterocycles. The third-order valence-electron chi connectivity index (χ3n) is 4.90. The van der Waals surface area contributed by atoms with Crippen molar-refractivity contribution in [2.24, 2.45) is 0 Å². The van der Waals surface area contributed by atoms with Crippen molar-refractivity contribution >= 4 is 24.4 Å². The van der Waals surface area contributed by atoms with Crippen LogP contribution in [0.5, 0.6) is 0 Å². The number of rotatable bonds is 4. The van der Waals surface area contributed by atoms with Crippen LogP contribution in [0.3, 0.4) is 0 Å². The van der Waals surface area contributed by atoms with E-state index in [1.165, 1.54) is 0 Å². The molecule has 2 aliphatic rings. The van der Waals surface area contributed by atoms with Gasteiger partial charge in [0.05, 0.1) is 6.61 Å². The average molecular weight is 390 g/mol. The number of anilines is 1. The zero-order valence-electron chi connectivity index (χ0n) is 16.3. The van der Waals surface area contributed by atoms with Crippen LogP contribution in [0.4, 0.5) is 10.7 Å². The second kappa shape index (κ2) is 8.85. The van der Waals surface area contributed by atoms with Crippen molar-refractivity contribution in [3.05, 3.63) is 17.5 Å². The minimum atomic E-state index is -0.308. The summed E-state index contributed by atoms with van der Waals surface area (Å²) < 4.78 is 5.04. The molecular formula is C18H26N6O4. The lowest BCUT2D eigenvalue weighted by Crippen LogP contribution is -2.50. The Hall–Kier alpha value is -2.91. The van der Waals surface area contributed by atoms with E-state index in [0.29, 0.717) is 76.3 Å². The third-order valence-corrected chi connectivity index (χ3v) is 4.90. The Morgan fingerprint density at radius 1 is 1.04 bits per heavy atom. The number of aryl methyl sites for hydroxylation is 1. The minimum Gasteiger partial charge on any atom is -0.450 e. The van der Waals surface area contributed by atoms with Gasteiger partial charge in [0, 0.05) is 58.1 Å². The Labute approximate surface area is 164 Å². The van der Waals surface area contributed by atoms with Crippen LogP contribution in [-0.4, -0.2) is 102 Å². The number of hydrogen-bond acceptors (Lipinski definition) is 7. The quantitative estimate of drug-likeness (QED) is 0.666. The van der Waals surface area contributed by atoms with Crippen LogP contribution in [0.25, 0.3) is 0 Å². The van der Waals surface area contributed by atoms with Gasteiger partial charge in [-0.25, -0.2) is 14.8 Å². The van der Waals surface area contributed by atoms with E-state index in [0.717, 1.165) is 6.41 Å². The largest absolute Gasteiger partial charge is 0.450 e. The highest BCUT2D eigenvalue weighted by atomic mass is 16.6. The molecule has 152 valence electrons. The van der Waals surface area contributed by atoms with Gasteiger partial charge in [0.2, 0.25) is 12.4 Å². The first-order chi connectivity index (χ1) is 13.5. The number of ether oxygens (including phenoxy) is 1. The first-order valence-corrected chi connectivity index (χ1v) is 9.52. The van der Waals surface area contributed by atoms with E-state index in [-0.39, 0.29) is 12.0 Å². The van der Waals surface area contributed by atoms with Crippen molar-refractivity contribution in [2.45, 2.75) is 13.8 Å². The maximum atomic E-state index is 12.8. The first kappa shape index (κ1) is 19.8. The van der Waals surface area contributed by atoms with Gasteiger partial charge in [-0.05, 0) is 19.9 Å². The van der Waals surface area contributed by atoms with Crippen LogP contribution in [0.15, 0.2) is 6.07 Å². The lowest BCUT2D eigenvalue weighted by molar-refractivity contribution is -0.119. The highest BCUT2D eigenvalue weighted by Gasteiger charge is 2.26. The summed E-state index contributed by atoms with van der Waals surface area (Å²) in [7, 11) is 0. The smallest absolute Gasteiger partial charge is 0.409 e. The summed E-state index contributed by atoms with van der Waals surface area (Å²) in [5, 5.41) is 0. The number of carbonyl (C=O) groups excluding carboxylic acids is 3. The molecule has 0 radical (unpaired) electrons. The van der Waals surface area contributed by atoms with Crippen molar-refractivity contribution in [3.8, 4) is 0 Å². The molecule has 0 aromatic carbocycles. The molecule has 3 rings (SSSR count). The predicted octanol–water partition coefficient (Wildman–Crippen LogP) is -0.0223. The average Bonchev–Trinajstić information content (AvgIpc) is 2.73. The van der Waals surface area contributed by atoms with Gasteiger partial charge >= 0.3 is 6.09 Å². The molecule has 0 spiro atoms. The zero-order valence-corrected chi connectivity index (χ0v) is 16.3. The number of piperazine rings is 2. The van der Waals surface area contributed by atoms with Crippen LogP contribution in [0.2, 0.25) is 0 Å². The van der Waals surface area contributed by atoms with Crippen molar-refractivity contribution < 1.29 is 19.1 Å². The molecular weight excluding hydrogens is 364 g/mol. The summed E-state index contributed by atoms with van der Waals surface area (Å²) in [5.74, 6) is 0.348. The molecule has 3 amide bonds. The van der Waals surface area contributed by atoms with Crippen LogP contribution < -0.4 is 4.90 Å². The molecule has 1 aromatic rings. The fourth-order valence-corrected chi connectivity index (χ4v) is 3.30. The SMILES string of the molecule is CCOC(=O)N1CCN(c2nc(C)cc(C(=O)N3CCN(C=O)CC3)n2)CC1. The summed E-state index contributed by atoms with van der Waals surface area (Å²) in [6.07, 6.45) is 0.502. The van der Waals surface area contributed by atoms with Crippen LogP contribution in [0, 0.1) is 6.92 Å². The Morgan fingerprint density at radius 2 is 1.68 bits per heavy atom. The molecule has 0 bridgehead atoms. The van der Waals surface area contributed by atoms with E-state index in [1.54, 1.807) is 27.7 Å². The zero-order chi connectivity index (χ0) is 20.1. The van der Waals surface area contributed by atoms with Gasteiger partial charge in [-0.1, -0.05) is 0 Å². The van der Waals surface area contributed by atoms with E-state index < -0.39 is 0 Å².